The maximum absolute atomic E-state index is 11.0. The van der Waals surface area contributed by atoms with E-state index in [9.17, 15) is 10.1 Å². The minimum Gasteiger partial charge on any atom is -0.370 e. The topological polar surface area (TPSA) is 72.4 Å². The Balaban J connectivity index is 1.88. The number of fused-ring (bicyclic) bond motifs is 1. The van der Waals surface area contributed by atoms with Crippen LogP contribution in [0.25, 0.3) is 0 Å². The Morgan fingerprint density at radius 1 is 1.38 bits per heavy atom. The van der Waals surface area contributed by atoms with Crippen LogP contribution in [0.4, 0.5) is 11.4 Å². The van der Waals surface area contributed by atoms with Gasteiger partial charge < -0.3 is 10.6 Å². The Bertz CT molecular complexity index is 578. The van der Waals surface area contributed by atoms with Gasteiger partial charge in [0.1, 0.15) is 0 Å². The first-order valence-electron chi connectivity index (χ1n) is 7.42. The zero-order chi connectivity index (χ0) is 15.1. The zero-order valence-electron chi connectivity index (χ0n) is 12.1. The summed E-state index contributed by atoms with van der Waals surface area (Å²) in [5.74, 6) is 1.22. The molecule has 1 aromatic carbocycles. The highest BCUT2D eigenvalue weighted by molar-refractivity contribution is 9.10. The van der Waals surface area contributed by atoms with Crippen LogP contribution in [-0.2, 0) is 0 Å². The van der Waals surface area contributed by atoms with Gasteiger partial charge in [-0.15, -0.1) is 0 Å². The van der Waals surface area contributed by atoms with E-state index in [1.54, 1.807) is 13.0 Å². The Morgan fingerprint density at radius 3 is 2.81 bits per heavy atom. The molecule has 1 heterocycles. The fourth-order valence-corrected chi connectivity index (χ4v) is 4.39. The summed E-state index contributed by atoms with van der Waals surface area (Å²) in [5.41, 5.74) is 8.19. The number of nitro benzene ring substituents is 1. The van der Waals surface area contributed by atoms with Gasteiger partial charge in [0.05, 0.1) is 10.6 Å². The molecule has 0 radical (unpaired) electrons. The van der Waals surface area contributed by atoms with Crippen molar-refractivity contribution in [2.45, 2.75) is 32.2 Å². The summed E-state index contributed by atoms with van der Waals surface area (Å²) >= 11 is 3.50. The van der Waals surface area contributed by atoms with Gasteiger partial charge in [-0.2, -0.15) is 0 Å². The molecule has 0 spiro atoms. The van der Waals surface area contributed by atoms with Gasteiger partial charge in [0.15, 0.2) is 0 Å². The molecule has 1 aliphatic carbocycles. The van der Waals surface area contributed by atoms with Crippen molar-refractivity contribution >= 4 is 27.3 Å². The average Bonchev–Trinajstić information content (AvgIpc) is 2.86. The highest BCUT2D eigenvalue weighted by Gasteiger charge is 2.39. The SMILES string of the molecule is Cc1cc(N2CC3CCCC(N)C3C2)c(Br)cc1[N+](=O)[O-]. The van der Waals surface area contributed by atoms with Crippen molar-refractivity contribution in [2.75, 3.05) is 18.0 Å². The second-order valence-electron chi connectivity index (χ2n) is 6.27. The van der Waals surface area contributed by atoms with Crippen molar-refractivity contribution < 1.29 is 4.92 Å². The molecule has 0 amide bonds. The molecule has 3 unspecified atom stereocenters. The highest BCUT2D eigenvalue weighted by atomic mass is 79.9. The lowest BCUT2D eigenvalue weighted by molar-refractivity contribution is -0.385. The predicted octanol–water partition coefficient (Wildman–Crippen LogP) is 3.23. The van der Waals surface area contributed by atoms with E-state index < -0.39 is 0 Å². The minimum atomic E-state index is -0.330. The summed E-state index contributed by atoms with van der Waals surface area (Å²) in [6.07, 6.45) is 3.59. The number of aryl methyl sites for hydroxylation is 1. The summed E-state index contributed by atoms with van der Waals surface area (Å²) in [7, 11) is 0. The number of hydrogen-bond donors (Lipinski definition) is 1. The first kappa shape index (κ1) is 14.8. The van der Waals surface area contributed by atoms with Gasteiger partial charge in [0.25, 0.3) is 5.69 Å². The molecule has 2 fully saturated rings. The van der Waals surface area contributed by atoms with Crippen LogP contribution in [0.15, 0.2) is 16.6 Å². The lowest BCUT2D eigenvalue weighted by Crippen LogP contribution is -2.38. The zero-order valence-corrected chi connectivity index (χ0v) is 13.7. The van der Waals surface area contributed by atoms with E-state index in [0.717, 1.165) is 29.7 Å². The Kier molecular flexibility index (Phi) is 3.92. The number of nitrogens with two attached hydrogens (primary N) is 1. The van der Waals surface area contributed by atoms with Crippen molar-refractivity contribution in [3.63, 3.8) is 0 Å². The second-order valence-corrected chi connectivity index (χ2v) is 7.13. The molecule has 114 valence electrons. The Labute approximate surface area is 132 Å². The van der Waals surface area contributed by atoms with E-state index in [2.05, 4.69) is 20.8 Å². The van der Waals surface area contributed by atoms with Crippen LogP contribution in [0.2, 0.25) is 0 Å². The molecule has 2 N–H and O–H groups in total. The minimum absolute atomic E-state index is 0.166. The summed E-state index contributed by atoms with van der Waals surface area (Å²) < 4.78 is 0.798. The monoisotopic (exact) mass is 353 g/mol. The second kappa shape index (κ2) is 5.57. The van der Waals surface area contributed by atoms with Crippen molar-refractivity contribution in [2.24, 2.45) is 17.6 Å². The van der Waals surface area contributed by atoms with Gasteiger partial charge in [-0.1, -0.05) is 6.42 Å². The number of halogens is 1. The van der Waals surface area contributed by atoms with Crippen LogP contribution >= 0.6 is 15.9 Å². The molecule has 1 saturated heterocycles. The van der Waals surface area contributed by atoms with Gasteiger partial charge in [-0.05, 0) is 53.6 Å². The maximum Gasteiger partial charge on any atom is 0.273 e. The molecule has 2 aliphatic rings. The summed E-state index contributed by atoms with van der Waals surface area (Å²) in [6, 6.07) is 3.84. The fraction of sp³-hybridized carbons (Fsp3) is 0.600. The third-order valence-corrected chi connectivity index (χ3v) is 5.59. The molecule has 0 aromatic heterocycles. The summed E-state index contributed by atoms with van der Waals surface area (Å²) in [5, 5.41) is 11.0. The van der Waals surface area contributed by atoms with Crippen LogP contribution in [0.5, 0.6) is 0 Å². The lowest BCUT2D eigenvalue weighted by atomic mass is 9.78. The maximum atomic E-state index is 11.0. The third kappa shape index (κ3) is 2.66. The predicted molar refractivity (Wildman–Crippen MR) is 86.6 cm³/mol. The normalized spacial score (nSPS) is 28.5. The van der Waals surface area contributed by atoms with E-state index in [4.69, 9.17) is 5.73 Å². The molecule has 0 bridgehead atoms. The summed E-state index contributed by atoms with van der Waals surface area (Å²) in [6.45, 7) is 3.76. The largest absolute Gasteiger partial charge is 0.370 e. The summed E-state index contributed by atoms with van der Waals surface area (Å²) in [4.78, 5) is 13.0. The standard InChI is InChI=1S/C15H20BrN3O2/c1-9-5-15(12(16)6-14(9)19(20)21)18-7-10-3-2-4-13(17)11(10)8-18/h5-6,10-11,13H,2-4,7-8,17H2,1H3. The average molecular weight is 354 g/mol. The fourth-order valence-electron chi connectivity index (χ4n) is 3.81. The van der Waals surface area contributed by atoms with Gasteiger partial charge in [0, 0.05) is 35.2 Å². The van der Waals surface area contributed by atoms with Gasteiger partial charge in [-0.25, -0.2) is 0 Å². The number of benzene rings is 1. The number of nitrogens with zero attached hydrogens (tertiary/aromatic N) is 2. The van der Waals surface area contributed by atoms with Crippen molar-refractivity contribution in [3.8, 4) is 0 Å². The number of rotatable bonds is 2. The van der Waals surface area contributed by atoms with E-state index >= 15 is 0 Å². The molecule has 3 atom stereocenters. The molecule has 6 heteroatoms. The van der Waals surface area contributed by atoms with Crippen molar-refractivity contribution in [1.29, 1.82) is 0 Å². The van der Waals surface area contributed by atoms with E-state index in [1.807, 2.05) is 6.07 Å². The van der Waals surface area contributed by atoms with Crippen molar-refractivity contribution in [3.05, 3.63) is 32.3 Å². The smallest absolute Gasteiger partial charge is 0.273 e. The molecular formula is C15H20BrN3O2. The van der Waals surface area contributed by atoms with Gasteiger partial charge in [-0.3, -0.25) is 10.1 Å². The number of anilines is 1. The van der Waals surface area contributed by atoms with Crippen LogP contribution in [0.1, 0.15) is 24.8 Å². The molecule has 3 rings (SSSR count). The molecular weight excluding hydrogens is 334 g/mol. The van der Waals surface area contributed by atoms with Crippen LogP contribution < -0.4 is 10.6 Å². The van der Waals surface area contributed by atoms with E-state index in [1.165, 1.54) is 12.8 Å². The molecule has 21 heavy (non-hydrogen) atoms. The van der Waals surface area contributed by atoms with Crippen LogP contribution in [0.3, 0.4) is 0 Å². The number of nitro groups is 1. The molecule has 5 nitrogen and oxygen atoms in total. The van der Waals surface area contributed by atoms with E-state index in [-0.39, 0.29) is 10.6 Å². The molecule has 1 saturated carbocycles. The van der Waals surface area contributed by atoms with Crippen LogP contribution in [0, 0.1) is 28.9 Å². The molecule has 1 aliphatic heterocycles. The van der Waals surface area contributed by atoms with Gasteiger partial charge >= 0.3 is 0 Å². The Morgan fingerprint density at radius 2 is 2.14 bits per heavy atom. The van der Waals surface area contributed by atoms with E-state index in [0.29, 0.717) is 23.4 Å². The first-order valence-corrected chi connectivity index (χ1v) is 8.21. The van der Waals surface area contributed by atoms with Crippen LogP contribution in [-0.4, -0.2) is 24.1 Å². The van der Waals surface area contributed by atoms with Crippen molar-refractivity contribution in [1.82, 2.24) is 0 Å². The highest BCUT2D eigenvalue weighted by Crippen LogP contribution is 2.41. The quantitative estimate of drug-likeness (QED) is 0.654. The number of hydrogen-bond acceptors (Lipinski definition) is 4. The third-order valence-electron chi connectivity index (χ3n) is 4.96. The lowest BCUT2D eigenvalue weighted by Gasteiger charge is -2.29. The molecule has 1 aromatic rings. The van der Waals surface area contributed by atoms with Gasteiger partial charge in [0.2, 0.25) is 0 Å². The Hall–Kier alpha value is -1.14. The first-order chi connectivity index (χ1) is 9.97.